The van der Waals surface area contributed by atoms with Gasteiger partial charge in [0, 0.05) is 18.1 Å². The molecule has 1 unspecified atom stereocenters. The second-order valence-electron chi connectivity index (χ2n) is 9.53. The normalized spacial score (nSPS) is 12.0. The fraction of sp³-hybridized carbons (Fsp3) is 0.333. The van der Waals surface area contributed by atoms with Crippen molar-refractivity contribution >= 4 is 39.1 Å². The molecule has 0 saturated heterocycles. The molecule has 3 aromatic carbocycles. The number of nitrogens with one attached hydrogen (secondary N) is 1. The van der Waals surface area contributed by atoms with Crippen LogP contribution in [0.5, 0.6) is 0 Å². The van der Waals surface area contributed by atoms with Crippen molar-refractivity contribution in [3.05, 3.63) is 94.5 Å². The standard InChI is InChI=1S/C30H36ClN3O4S/c1-5-18-32-30(36)28(6-2)33(20-24-12-14-25(31)15-13-24)29(35)21-34(26-9-7-8-23(4)19-26)39(37,38)27-16-10-22(3)11-17-27/h7-17,19,28H,5-6,18,20-21H2,1-4H3,(H,32,36). The van der Waals surface area contributed by atoms with Crippen molar-refractivity contribution < 1.29 is 18.0 Å². The Labute approximate surface area is 236 Å². The quantitative estimate of drug-likeness (QED) is 0.313. The van der Waals surface area contributed by atoms with Crippen LogP contribution in [0.15, 0.2) is 77.7 Å². The van der Waals surface area contributed by atoms with E-state index in [1.165, 1.54) is 17.0 Å². The van der Waals surface area contributed by atoms with E-state index in [1.807, 2.05) is 33.8 Å². The lowest BCUT2D eigenvalue weighted by atomic mass is 10.1. The molecule has 0 aliphatic carbocycles. The SMILES string of the molecule is CCCNC(=O)C(CC)N(Cc1ccc(Cl)cc1)C(=O)CN(c1cccc(C)c1)S(=O)(=O)c1ccc(C)cc1. The topological polar surface area (TPSA) is 86.8 Å². The molecule has 7 nitrogen and oxygen atoms in total. The number of nitrogens with zero attached hydrogens (tertiary/aromatic N) is 2. The van der Waals surface area contributed by atoms with Crippen LogP contribution in [0.4, 0.5) is 5.69 Å². The summed E-state index contributed by atoms with van der Waals surface area (Å²) in [5.74, 6) is -0.759. The van der Waals surface area contributed by atoms with Crippen molar-refractivity contribution in [3.8, 4) is 0 Å². The monoisotopic (exact) mass is 569 g/mol. The van der Waals surface area contributed by atoms with Gasteiger partial charge in [-0.05, 0) is 74.2 Å². The van der Waals surface area contributed by atoms with E-state index >= 15 is 0 Å². The third-order valence-corrected chi connectivity index (χ3v) is 8.42. The van der Waals surface area contributed by atoms with Gasteiger partial charge in [-0.3, -0.25) is 13.9 Å². The molecule has 0 aromatic heterocycles. The predicted octanol–water partition coefficient (Wildman–Crippen LogP) is 5.49. The Balaban J connectivity index is 2.04. The van der Waals surface area contributed by atoms with Crippen LogP contribution in [0.1, 0.15) is 43.4 Å². The molecular formula is C30H36ClN3O4S. The molecule has 9 heteroatoms. The van der Waals surface area contributed by atoms with Crippen LogP contribution in [-0.4, -0.2) is 44.3 Å². The van der Waals surface area contributed by atoms with Gasteiger partial charge in [0.25, 0.3) is 10.0 Å². The first-order valence-electron chi connectivity index (χ1n) is 13.0. The summed E-state index contributed by atoms with van der Waals surface area (Å²) in [7, 11) is -4.09. The smallest absolute Gasteiger partial charge is 0.264 e. The van der Waals surface area contributed by atoms with Crippen LogP contribution < -0.4 is 9.62 Å². The molecule has 0 fully saturated rings. The molecule has 0 spiro atoms. The summed E-state index contributed by atoms with van der Waals surface area (Å²) in [6.45, 7) is 7.66. The van der Waals surface area contributed by atoms with Gasteiger partial charge in [0.1, 0.15) is 12.6 Å². The first-order valence-corrected chi connectivity index (χ1v) is 14.9. The predicted molar refractivity (Wildman–Crippen MR) is 156 cm³/mol. The first kappa shape index (κ1) is 30.2. The number of sulfonamides is 1. The van der Waals surface area contributed by atoms with E-state index in [2.05, 4.69) is 5.32 Å². The van der Waals surface area contributed by atoms with E-state index in [0.717, 1.165) is 27.4 Å². The number of anilines is 1. The van der Waals surface area contributed by atoms with Crippen molar-refractivity contribution in [2.45, 2.75) is 58.0 Å². The van der Waals surface area contributed by atoms with Gasteiger partial charge in [-0.2, -0.15) is 0 Å². The molecule has 3 rings (SSSR count). The molecule has 0 heterocycles. The zero-order valence-electron chi connectivity index (χ0n) is 22.9. The third-order valence-electron chi connectivity index (χ3n) is 6.38. The molecule has 0 radical (unpaired) electrons. The van der Waals surface area contributed by atoms with Gasteiger partial charge >= 0.3 is 0 Å². The molecule has 2 amide bonds. The number of amides is 2. The van der Waals surface area contributed by atoms with Crippen LogP contribution in [0, 0.1) is 13.8 Å². The second-order valence-corrected chi connectivity index (χ2v) is 11.8. The summed E-state index contributed by atoms with van der Waals surface area (Å²) < 4.78 is 28.9. The van der Waals surface area contributed by atoms with E-state index in [-0.39, 0.29) is 17.3 Å². The van der Waals surface area contributed by atoms with Crippen molar-refractivity contribution in [1.82, 2.24) is 10.2 Å². The largest absolute Gasteiger partial charge is 0.354 e. The number of halogens is 1. The van der Waals surface area contributed by atoms with E-state index in [9.17, 15) is 18.0 Å². The van der Waals surface area contributed by atoms with Crippen LogP contribution in [0.2, 0.25) is 5.02 Å². The van der Waals surface area contributed by atoms with E-state index in [4.69, 9.17) is 11.6 Å². The Bertz CT molecular complexity index is 1380. The second kappa shape index (κ2) is 13.6. The van der Waals surface area contributed by atoms with Gasteiger partial charge in [0.05, 0.1) is 10.6 Å². The van der Waals surface area contributed by atoms with Crippen LogP contribution in [0.25, 0.3) is 0 Å². The van der Waals surface area contributed by atoms with E-state index < -0.39 is 28.5 Å². The number of aryl methyl sites for hydroxylation is 2. The fourth-order valence-corrected chi connectivity index (χ4v) is 5.75. The third kappa shape index (κ3) is 7.83. The highest BCUT2D eigenvalue weighted by Crippen LogP contribution is 2.26. The number of benzene rings is 3. The summed E-state index contributed by atoms with van der Waals surface area (Å²) in [4.78, 5) is 28.7. The Morgan fingerprint density at radius 3 is 2.18 bits per heavy atom. The number of hydrogen-bond donors (Lipinski definition) is 1. The summed E-state index contributed by atoms with van der Waals surface area (Å²) in [6, 6.07) is 19.8. The van der Waals surface area contributed by atoms with Crippen LogP contribution >= 0.6 is 11.6 Å². The lowest BCUT2D eigenvalue weighted by Crippen LogP contribution is -2.52. The maximum Gasteiger partial charge on any atom is 0.264 e. The number of carbonyl (C=O) groups excluding carboxylic acids is 2. The maximum absolute atomic E-state index is 14.0. The molecule has 0 saturated carbocycles. The van der Waals surface area contributed by atoms with Gasteiger partial charge in [-0.25, -0.2) is 8.42 Å². The van der Waals surface area contributed by atoms with Crippen molar-refractivity contribution in [2.75, 3.05) is 17.4 Å². The molecule has 1 atom stereocenters. The maximum atomic E-state index is 14.0. The zero-order valence-corrected chi connectivity index (χ0v) is 24.4. The zero-order chi connectivity index (χ0) is 28.6. The summed E-state index contributed by atoms with van der Waals surface area (Å²) in [5.41, 5.74) is 2.93. The number of carbonyl (C=O) groups is 2. The number of rotatable bonds is 12. The van der Waals surface area contributed by atoms with Crippen molar-refractivity contribution in [1.29, 1.82) is 0 Å². The summed E-state index contributed by atoms with van der Waals surface area (Å²) in [6.07, 6.45) is 1.12. The highest BCUT2D eigenvalue weighted by molar-refractivity contribution is 7.92. The Kier molecular flexibility index (Phi) is 10.5. The van der Waals surface area contributed by atoms with E-state index in [0.29, 0.717) is 23.7 Å². The van der Waals surface area contributed by atoms with E-state index in [1.54, 1.807) is 54.6 Å². The number of hydrogen-bond acceptors (Lipinski definition) is 4. The lowest BCUT2D eigenvalue weighted by Gasteiger charge is -2.33. The Hall–Kier alpha value is -3.36. The average Bonchev–Trinajstić information content (AvgIpc) is 2.91. The van der Waals surface area contributed by atoms with Crippen LogP contribution in [0.3, 0.4) is 0 Å². The van der Waals surface area contributed by atoms with Gasteiger partial charge < -0.3 is 10.2 Å². The molecule has 0 aliphatic heterocycles. The molecule has 3 aromatic rings. The average molecular weight is 570 g/mol. The molecule has 0 bridgehead atoms. The molecule has 208 valence electrons. The van der Waals surface area contributed by atoms with Gasteiger partial charge in [0.2, 0.25) is 11.8 Å². The van der Waals surface area contributed by atoms with Gasteiger partial charge in [-0.1, -0.05) is 67.4 Å². The highest BCUT2D eigenvalue weighted by atomic mass is 35.5. The summed E-state index contributed by atoms with van der Waals surface area (Å²) in [5, 5.41) is 3.44. The Morgan fingerprint density at radius 2 is 1.59 bits per heavy atom. The molecule has 1 N–H and O–H groups in total. The first-order chi connectivity index (χ1) is 18.6. The minimum Gasteiger partial charge on any atom is -0.354 e. The van der Waals surface area contributed by atoms with Crippen molar-refractivity contribution in [2.24, 2.45) is 0 Å². The Morgan fingerprint density at radius 1 is 0.923 bits per heavy atom. The molecular weight excluding hydrogens is 534 g/mol. The minimum atomic E-state index is -4.09. The van der Waals surface area contributed by atoms with Crippen LogP contribution in [-0.2, 0) is 26.2 Å². The van der Waals surface area contributed by atoms with Gasteiger partial charge in [-0.15, -0.1) is 0 Å². The van der Waals surface area contributed by atoms with Gasteiger partial charge in [0.15, 0.2) is 0 Å². The molecule has 0 aliphatic rings. The fourth-order valence-electron chi connectivity index (χ4n) is 4.22. The summed E-state index contributed by atoms with van der Waals surface area (Å²) >= 11 is 6.06. The molecule has 39 heavy (non-hydrogen) atoms. The minimum absolute atomic E-state index is 0.0828. The van der Waals surface area contributed by atoms with Crippen molar-refractivity contribution in [3.63, 3.8) is 0 Å². The lowest BCUT2D eigenvalue weighted by molar-refractivity contribution is -0.140. The highest BCUT2D eigenvalue weighted by Gasteiger charge is 2.33.